The molecule has 1 N–H and O–H groups in total. The van der Waals surface area contributed by atoms with Crippen molar-refractivity contribution < 1.29 is 14.3 Å². The number of hydrogen-bond acceptors (Lipinski definition) is 3. The highest BCUT2D eigenvalue weighted by molar-refractivity contribution is 5.99. The number of aryl methyl sites for hydroxylation is 1. The number of amides is 1. The molecule has 0 radical (unpaired) electrons. The van der Waals surface area contributed by atoms with Crippen LogP contribution in [0.1, 0.15) is 40.4 Å². The van der Waals surface area contributed by atoms with E-state index in [0.29, 0.717) is 23.0 Å². The topological polar surface area (TPSA) is 54.6 Å². The predicted molar refractivity (Wildman–Crippen MR) is 110 cm³/mol. The third kappa shape index (κ3) is 3.11. The number of methoxy groups -OCH3 is 2. The van der Waals surface area contributed by atoms with E-state index in [-0.39, 0.29) is 5.91 Å². The van der Waals surface area contributed by atoms with Crippen molar-refractivity contribution in [1.29, 1.82) is 0 Å². The lowest BCUT2D eigenvalue weighted by atomic mass is 9.87. The molecule has 146 valence electrons. The van der Waals surface area contributed by atoms with Gasteiger partial charge in [0.15, 0.2) is 0 Å². The van der Waals surface area contributed by atoms with Gasteiger partial charge in [0.2, 0.25) is 0 Å². The predicted octanol–water partition coefficient (Wildman–Crippen LogP) is 4.51. The van der Waals surface area contributed by atoms with Crippen LogP contribution in [-0.2, 0) is 0 Å². The van der Waals surface area contributed by atoms with Gasteiger partial charge in [-0.1, -0.05) is 24.3 Å². The van der Waals surface area contributed by atoms with Crippen LogP contribution < -0.4 is 9.47 Å². The highest BCUT2D eigenvalue weighted by Gasteiger charge is 2.30. The molecule has 1 amide bonds. The van der Waals surface area contributed by atoms with E-state index >= 15 is 0 Å². The lowest BCUT2D eigenvalue weighted by Gasteiger charge is -2.33. The number of benzene rings is 2. The summed E-state index contributed by atoms with van der Waals surface area (Å²) in [6.45, 7) is 3.60. The van der Waals surface area contributed by atoms with Crippen molar-refractivity contribution >= 4 is 16.8 Å². The number of aromatic nitrogens is 1. The van der Waals surface area contributed by atoms with Gasteiger partial charge in [-0.25, -0.2) is 0 Å². The first-order chi connectivity index (χ1) is 13.6. The van der Waals surface area contributed by atoms with Crippen molar-refractivity contribution in [2.24, 2.45) is 0 Å². The Morgan fingerprint density at radius 3 is 2.29 bits per heavy atom. The summed E-state index contributed by atoms with van der Waals surface area (Å²) in [5.74, 6) is 1.54. The van der Waals surface area contributed by atoms with E-state index in [1.807, 2.05) is 11.0 Å². The number of para-hydroxylation sites is 1. The second-order valence-corrected chi connectivity index (χ2v) is 7.31. The largest absolute Gasteiger partial charge is 0.496 e. The summed E-state index contributed by atoms with van der Waals surface area (Å²) < 4.78 is 10.8. The Morgan fingerprint density at radius 2 is 1.64 bits per heavy atom. The number of piperidine rings is 1. The van der Waals surface area contributed by atoms with E-state index in [1.165, 1.54) is 22.2 Å². The SMILES string of the molecule is COc1cccc(OC)c1C(=O)N1CCC(c2c(C)[nH]c3ccccc23)CC1. The fraction of sp³-hybridized carbons (Fsp3) is 0.348. The van der Waals surface area contributed by atoms with Crippen LogP contribution >= 0.6 is 0 Å². The van der Waals surface area contributed by atoms with Crippen LogP contribution in [0.2, 0.25) is 0 Å². The molecule has 5 nitrogen and oxygen atoms in total. The maximum Gasteiger partial charge on any atom is 0.261 e. The fourth-order valence-electron chi connectivity index (χ4n) is 4.42. The minimum Gasteiger partial charge on any atom is -0.496 e. The van der Waals surface area contributed by atoms with E-state index in [1.54, 1.807) is 26.4 Å². The Morgan fingerprint density at radius 1 is 1.00 bits per heavy atom. The van der Waals surface area contributed by atoms with Gasteiger partial charge in [0.1, 0.15) is 17.1 Å². The molecule has 1 fully saturated rings. The van der Waals surface area contributed by atoms with Crippen LogP contribution in [0.4, 0.5) is 0 Å². The zero-order valence-electron chi connectivity index (χ0n) is 16.6. The molecule has 0 unspecified atom stereocenters. The average Bonchev–Trinajstić information content (AvgIpc) is 3.08. The minimum absolute atomic E-state index is 0.0246. The summed E-state index contributed by atoms with van der Waals surface area (Å²) in [6.07, 6.45) is 1.90. The van der Waals surface area contributed by atoms with Crippen LogP contribution in [0, 0.1) is 6.92 Å². The van der Waals surface area contributed by atoms with Gasteiger partial charge in [-0.05, 0) is 49.4 Å². The summed E-state index contributed by atoms with van der Waals surface area (Å²) in [4.78, 5) is 18.6. The maximum absolute atomic E-state index is 13.2. The molecule has 4 rings (SSSR count). The Hall–Kier alpha value is -2.95. The first-order valence-corrected chi connectivity index (χ1v) is 9.71. The van der Waals surface area contributed by atoms with E-state index in [4.69, 9.17) is 9.47 Å². The number of carbonyl (C=O) groups is 1. The average molecular weight is 378 g/mol. The van der Waals surface area contributed by atoms with Gasteiger partial charge in [-0.2, -0.15) is 0 Å². The molecule has 0 spiro atoms. The molecule has 0 bridgehead atoms. The smallest absolute Gasteiger partial charge is 0.261 e. The molecular weight excluding hydrogens is 352 g/mol. The van der Waals surface area contributed by atoms with Crippen LogP contribution in [0.25, 0.3) is 10.9 Å². The van der Waals surface area contributed by atoms with Crippen LogP contribution in [-0.4, -0.2) is 43.1 Å². The molecule has 2 heterocycles. The number of aromatic amines is 1. The second-order valence-electron chi connectivity index (χ2n) is 7.31. The second kappa shape index (κ2) is 7.58. The molecule has 0 aliphatic carbocycles. The van der Waals surface area contributed by atoms with Gasteiger partial charge in [0.05, 0.1) is 14.2 Å². The first kappa shape index (κ1) is 18.4. The van der Waals surface area contributed by atoms with E-state index in [0.717, 1.165) is 25.9 Å². The Kier molecular flexibility index (Phi) is 4.99. The highest BCUT2D eigenvalue weighted by atomic mass is 16.5. The third-order valence-corrected chi connectivity index (χ3v) is 5.78. The van der Waals surface area contributed by atoms with E-state index in [9.17, 15) is 4.79 Å². The van der Waals surface area contributed by atoms with Gasteiger partial charge < -0.3 is 19.4 Å². The third-order valence-electron chi connectivity index (χ3n) is 5.78. The molecular formula is C23H26N2O3. The monoisotopic (exact) mass is 378 g/mol. The van der Waals surface area contributed by atoms with Crippen molar-refractivity contribution in [3.05, 3.63) is 59.3 Å². The lowest BCUT2D eigenvalue weighted by Crippen LogP contribution is -2.38. The highest BCUT2D eigenvalue weighted by Crippen LogP contribution is 2.37. The van der Waals surface area contributed by atoms with Crippen molar-refractivity contribution in [2.75, 3.05) is 27.3 Å². The lowest BCUT2D eigenvalue weighted by molar-refractivity contribution is 0.0706. The number of ether oxygens (including phenoxy) is 2. The number of nitrogens with zero attached hydrogens (tertiary/aromatic N) is 1. The molecule has 2 aromatic carbocycles. The number of rotatable bonds is 4. The number of hydrogen-bond donors (Lipinski definition) is 1. The van der Waals surface area contributed by atoms with Crippen LogP contribution in [0.5, 0.6) is 11.5 Å². The summed E-state index contributed by atoms with van der Waals surface area (Å²) in [7, 11) is 3.16. The zero-order valence-corrected chi connectivity index (χ0v) is 16.6. The number of likely N-dealkylation sites (tertiary alicyclic amines) is 1. The molecule has 0 atom stereocenters. The molecule has 1 saturated heterocycles. The standard InChI is InChI=1S/C23H26N2O3/c1-15-21(17-7-4-5-8-18(17)24-15)16-11-13-25(14-12-16)23(26)22-19(27-2)9-6-10-20(22)28-3/h4-10,16,24H,11-14H2,1-3H3. The molecule has 1 aliphatic rings. The van der Waals surface area contributed by atoms with Crippen LogP contribution in [0.3, 0.4) is 0 Å². The van der Waals surface area contributed by atoms with E-state index < -0.39 is 0 Å². The normalized spacial score (nSPS) is 15.0. The molecule has 0 saturated carbocycles. The van der Waals surface area contributed by atoms with Crippen molar-refractivity contribution in [2.45, 2.75) is 25.7 Å². The molecule has 28 heavy (non-hydrogen) atoms. The summed E-state index contributed by atoms with van der Waals surface area (Å²) in [6, 6.07) is 13.9. The van der Waals surface area contributed by atoms with Gasteiger partial charge >= 0.3 is 0 Å². The molecule has 1 aliphatic heterocycles. The molecule has 1 aromatic heterocycles. The molecule has 5 heteroatoms. The van der Waals surface area contributed by atoms with Crippen molar-refractivity contribution in [3.63, 3.8) is 0 Å². The van der Waals surface area contributed by atoms with Crippen molar-refractivity contribution in [1.82, 2.24) is 9.88 Å². The maximum atomic E-state index is 13.2. The van der Waals surface area contributed by atoms with Gasteiger partial charge in [0.25, 0.3) is 5.91 Å². The number of H-pyrrole nitrogens is 1. The fourth-order valence-corrected chi connectivity index (χ4v) is 4.42. The summed E-state index contributed by atoms with van der Waals surface area (Å²) >= 11 is 0. The number of carbonyl (C=O) groups excluding carboxylic acids is 1. The minimum atomic E-state index is -0.0246. The van der Waals surface area contributed by atoms with Gasteiger partial charge in [0, 0.05) is 29.7 Å². The Labute approximate surface area is 165 Å². The molecule has 3 aromatic rings. The number of fused-ring (bicyclic) bond motifs is 1. The Balaban J connectivity index is 1.55. The zero-order chi connectivity index (χ0) is 19.7. The van der Waals surface area contributed by atoms with Gasteiger partial charge in [-0.15, -0.1) is 0 Å². The number of nitrogens with one attached hydrogen (secondary N) is 1. The quantitative estimate of drug-likeness (QED) is 0.727. The Bertz CT molecular complexity index is 978. The summed E-state index contributed by atoms with van der Waals surface area (Å²) in [5.41, 5.74) is 4.33. The van der Waals surface area contributed by atoms with Crippen molar-refractivity contribution in [3.8, 4) is 11.5 Å². The van der Waals surface area contributed by atoms with Gasteiger partial charge in [-0.3, -0.25) is 4.79 Å². The van der Waals surface area contributed by atoms with E-state index in [2.05, 4.69) is 36.2 Å². The van der Waals surface area contributed by atoms with Crippen LogP contribution in [0.15, 0.2) is 42.5 Å². The first-order valence-electron chi connectivity index (χ1n) is 9.71. The summed E-state index contributed by atoms with van der Waals surface area (Å²) in [5, 5.41) is 1.30.